The molecule has 0 saturated heterocycles. The first kappa shape index (κ1) is 22.4. The van der Waals surface area contributed by atoms with Crippen molar-refractivity contribution >= 4 is 23.1 Å². The Balaban J connectivity index is -0.000000218. The van der Waals surface area contributed by atoms with Crippen LogP contribution in [-0.2, 0) is 0 Å². The van der Waals surface area contributed by atoms with Gasteiger partial charge in [0.1, 0.15) is 0 Å². The monoisotopic (exact) mass is 278 g/mol. The number of alkyl halides is 6. The van der Waals surface area contributed by atoms with Crippen LogP contribution < -0.4 is 10.2 Å². The summed E-state index contributed by atoms with van der Waals surface area (Å²) in [5.74, 6) is 0. The van der Waals surface area contributed by atoms with Crippen molar-refractivity contribution in [2.75, 3.05) is 13.2 Å². The van der Waals surface area contributed by atoms with Crippen molar-refractivity contribution in [3.8, 4) is 0 Å². The first-order valence-corrected chi connectivity index (χ1v) is 4.42. The average molecular weight is 278 g/mol. The van der Waals surface area contributed by atoms with Crippen LogP contribution in [0.1, 0.15) is 25.7 Å². The van der Waals surface area contributed by atoms with Gasteiger partial charge in [-0.1, -0.05) is 12.8 Å². The van der Waals surface area contributed by atoms with E-state index < -0.39 is 38.4 Å². The van der Waals surface area contributed by atoms with E-state index in [1.807, 2.05) is 0 Å². The van der Waals surface area contributed by atoms with Crippen LogP contribution in [0.25, 0.3) is 0 Å². The Hall–Kier alpha value is 0.266. The van der Waals surface area contributed by atoms with E-state index in [9.17, 15) is 36.6 Å². The van der Waals surface area contributed by atoms with Gasteiger partial charge in [-0.05, 0) is 0 Å². The van der Waals surface area contributed by atoms with Crippen molar-refractivity contribution in [1.29, 1.82) is 0 Å². The van der Waals surface area contributed by atoms with E-state index >= 15 is 0 Å². The molecule has 0 N–H and O–H groups in total. The Morgan fingerprint density at radius 2 is 0.882 bits per heavy atom. The van der Waals surface area contributed by atoms with E-state index in [2.05, 4.69) is 0 Å². The van der Waals surface area contributed by atoms with Gasteiger partial charge in [0.05, 0.1) is 0 Å². The van der Waals surface area contributed by atoms with Crippen molar-refractivity contribution in [1.82, 2.24) is 0 Å². The molecule has 0 spiro atoms. The molecule has 0 aromatic rings. The van der Waals surface area contributed by atoms with Crippen molar-refractivity contribution in [3.63, 3.8) is 0 Å². The van der Waals surface area contributed by atoms with Gasteiger partial charge in [0.2, 0.25) is 0 Å². The van der Waals surface area contributed by atoms with Crippen LogP contribution in [0.4, 0.5) is 26.3 Å². The maximum Gasteiger partial charge on any atom is 2.00 e. The van der Waals surface area contributed by atoms with Gasteiger partial charge >= 0.3 is 35.4 Å². The zero-order chi connectivity index (χ0) is 13.2. The predicted molar refractivity (Wildman–Crippen MR) is 46.1 cm³/mol. The maximum absolute atomic E-state index is 11.1. The van der Waals surface area contributed by atoms with Gasteiger partial charge in [0, 0.05) is 12.8 Å². The summed E-state index contributed by atoms with van der Waals surface area (Å²) >= 11 is 0. The quantitative estimate of drug-likeness (QED) is 0.569. The molecule has 0 aromatic heterocycles. The summed E-state index contributed by atoms with van der Waals surface area (Å²) < 4.78 is 66.6. The van der Waals surface area contributed by atoms with Crippen LogP contribution in [0.2, 0.25) is 0 Å². The van der Waals surface area contributed by atoms with Gasteiger partial charge < -0.3 is 10.2 Å². The molecule has 2 nitrogen and oxygen atoms in total. The SMILES string of the molecule is [Mg+2].[O-]CCCC(F)(F)F.[O-]CCCC(F)(F)F. The Morgan fingerprint density at radius 3 is 0.941 bits per heavy atom. The van der Waals surface area contributed by atoms with Gasteiger partial charge in [-0.15, -0.1) is 13.2 Å². The van der Waals surface area contributed by atoms with E-state index in [4.69, 9.17) is 0 Å². The Bertz CT molecular complexity index is 141. The standard InChI is InChI=1S/2C4H6F3O.Mg/c2*5-4(6,7)2-1-3-8;/h2*1-3H2;/q2*-1;+2. The third kappa shape index (κ3) is 31.4. The topological polar surface area (TPSA) is 46.1 Å². The molecule has 0 saturated carbocycles. The number of rotatable bonds is 4. The molecular weight excluding hydrogens is 266 g/mol. The molecule has 0 rings (SSSR count). The molecule has 17 heavy (non-hydrogen) atoms. The van der Waals surface area contributed by atoms with Crippen LogP contribution >= 0.6 is 0 Å². The van der Waals surface area contributed by atoms with Crippen LogP contribution in [0.3, 0.4) is 0 Å². The molecular formula is C8H12F6MgO2. The summed E-state index contributed by atoms with van der Waals surface area (Å²) in [5, 5.41) is 19.0. The fraction of sp³-hybridized carbons (Fsp3) is 1.00. The first-order valence-electron chi connectivity index (χ1n) is 4.42. The van der Waals surface area contributed by atoms with Gasteiger partial charge in [-0.2, -0.15) is 26.3 Å². The maximum atomic E-state index is 11.1. The van der Waals surface area contributed by atoms with Crippen LogP contribution in [0, 0.1) is 0 Å². The normalized spacial score (nSPS) is 11.3. The third-order valence-corrected chi connectivity index (χ3v) is 1.21. The summed E-state index contributed by atoms with van der Waals surface area (Å²) in [6, 6.07) is 0. The summed E-state index contributed by atoms with van der Waals surface area (Å²) in [7, 11) is 0. The predicted octanol–water partition coefficient (Wildman–Crippen LogP) is 0.998. The Labute approximate surface area is 111 Å². The molecule has 0 atom stereocenters. The van der Waals surface area contributed by atoms with Crippen molar-refractivity contribution < 1.29 is 36.6 Å². The molecule has 0 fully saturated rings. The molecule has 0 radical (unpaired) electrons. The molecule has 0 bridgehead atoms. The van der Waals surface area contributed by atoms with Crippen molar-refractivity contribution in [3.05, 3.63) is 0 Å². The number of halogens is 6. The number of hydrogen-bond donors (Lipinski definition) is 0. The first-order chi connectivity index (χ1) is 7.12. The molecule has 0 amide bonds. The van der Waals surface area contributed by atoms with Crippen LogP contribution in [-0.4, -0.2) is 48.6 Å². The van der Waals surface area contributed by atoms with Crippen LogP contribution in [0.5, 0.6) is 0 Å². The van der Waals surface area contributed by atoms with Gasteiger partial charge in [-0.3, -0.25) is 0 Å². The minimum atomic E-state index is -4.15. The second-order valence-electron chi connectivity index (χ2n) is 2.85. The average Bonchev–Trinajstić information content (AvgIpc) is 2.10. The fourth-order valence-electron chi connectivity index (χ4n) is 0.545. The summed E-state index contributed by atoms with van der Waals surface area (Å²) in [5.41, 5.74) is 0. The largest absolute Gasteiger partial charge is 2.00 e. The van der Waals surface area contributed by atoms with Gasteiger partial charge in [0.25, 0.3) is 0 Å². The van der Waals surface area contributed by atoms with E-state index in [0.29, 0.717) is 0 Å². The van der Waals surface area contributed by atoms with E-state index in [1.165, 1.54) is 0 Å². The molecule has 0 aromatic carbocycles. The van der Waals surface area contributed by atoms with E-state index in [0.717, 1.165) is 0 Å². The zero-order valence-corrected chi connectivity index (χ0v) is 10.4. The number of hydrogen-bond acceptors (Lipinski definition) is 2. The van der Waals surface area contributed by atoms with E-state index in [1.54, 1.807) is 0 Å². The molecule has 0 unspecified atom stereocenters. The molecule has 9 heteroatoms. The molecule has 0 aliphatic carbocycles. The zero-order valence-electron chi connectivity index (χ0n) is 9.03. The summed E-state index contributed by atoms with van der Waals surface area (Å²) in [6.45, 7) is -1.28. The van der Waals surface area contributed by atoms with Crippen LogP contribution in [0.15, 0.2) is 0 Å². The van der Waals surface area contributed by atoms with Crippen molar-refractivity contribution in [2.24, 2.45) is 0 Å². The fourth-order valence-corrected chi connectivity index (χ4v) is 0.545. The third-order valence-electron chi connectivity index (χ3n) is 1.21. The molecule has 0 aliphatic rings. The molecule has 100 valence electrons. The van der Waals surface area contributed by atoms with Crippen molar-refractivity contribution in [2.45, 2.75) is 38.0 Å². The molecule has 0 heterocycles. The Morgan fingerprint density at radius 1 is 0.647 bits per heavy atom. The molecule has 0 aliphatic heterocycles. The smallest absolute Gasteiger partial charge is 0.854 e. The van der Waals surface area contributed by atoms with Gasteiger partial charge in [0.15, 0.2) is 0 Å². The second kappa shape index (κ2) is 11.4. The van der Waals surface area contributed by atoms with Gasteiger partial charge in [-0.25, -0.2) is 0 Å². The minimum Gasteiger partial charge on any atom is -0.854 e. The second-order valence-corrected chi connectivity index (χ2v) is 2.85. The van der Waals surface area contributed by atoms with E-state index in [-0.39, 0.29) is 35.9 Å². The summed E-state index contributed by atoms with van der Waals surface area (Å²) in [4.78, 5) is 0. The Kier molecular flexibility index (Phi) is 15.0. The summed E-state index contributed by atoms with van der Waals surface area (Å²) in [6.07, 6.45) is -10.8. The minimum absolute atomic E-state index is 0.